The van der Waals surface area contributed by atoms with Gasteiger partial charge in [0, 0.05) is 17.6 Å². The van der Waals surface area contributed by atoms with E-state index in [1.165, 1.54) is 0 Å². The molecule has 0 spiro atoms. The smallest absolute Gasteiger partial charge is 0.251 e. The van der Waals surface area contributed by atoms with E-state index < -0.39 is 0 Å². The minimum atomic E-state index is -0.261. The van der Waals surface area contributed by atoms with Gasteiger partial charge in [0.05, 0.1) is 13.1 Å². The average molecular weight is 314 g/mol. The lowest BCUT2D eigenvalue weighted by atomic mass is 10.1. The normalized spacial score (nSPS) is 11.5. The Morgan fingerprint density at radius 3 is 2.65 bits per heavy atom. The molecule has 0 aliphatic carbocycles. The molecule has 0 radical (unpaired) electrons. The maximum Gasteiger partial charge on any atom is 0.251 e. The van der Waals surface area contributed by atoms with Crippen molar-refractivity contribution in [1.82, 2.24) is 16.0 Å². The van der Waals surface area contributed by atoms with Crippen molar-refractivity contribution in [3.8, 4) is 12.3 Å². The summed E-state index contributed by atoms with van der Waals surface area (Å²) in [5.41, 5.74) is 1.33. The van der Waals surface area contributed by atoms with Crippen LogP contribution < -0.4 is 16.0 Å². The average Bonchev–Trinajstić information content (AvgIpc) is 2.48. The molecular weight excluding hydrogens is 288 g/mol. The van der Waals surface area contributed by atoms with Crippen LogP contribution >= 0.6 is 0 Å². The number of hydrogen-bond acceptors (Lipinski definition) is 2. The summed E-state index contributed by atoms with van der Waals surface area (Å²) < 4.78 is 0. The van der Waals surface area contributed by atoms with Gasteiger partial charge in [-0.05, 0) is 45.4 Å². The van der Waals surface area contributed by atoms with Gasteiger partial charge in [0.1, 0.15) is 0 Å². The van der Waals surface area contributed by atoms with Crippen LogP contribution in [0, 0.1) is 12.3 Å². The second-order valence-corrected chi connectivity index (χ2v) is 6.16. The van der Waals surface area contributed by atoms with Gasteiger partial charge in [0.25, 0.3) is 5.91 Å². The molecule has 23 heavy (non-hydrogen) atoms. The Morgan fingerprint density at radius 2 is 2.04 bits per heavy atom. The van der Waals surface area contributed by atoms with Gasteiger partial charge >= 0.3 is 0 Å². The molecule has 1 aromatic carbocycles. The van der Waals surface area contributed by atoms with Gasteiger partial charge < -0.3 is 16.0 Å². The Hall–Kier alpha value is -2.48. The molecule has 0 saturated heterocycles. The molecule has 0 fully saturated rings. The first-order chi connectivity index (χ1) is 10.9. The molecule has 0 bridgehead atoms. The lowest BCUT2D eigenvalue weighted by Gasteiger charge is -2.20. The van der Waals surface area contributed by atoms with Crippen LogP contribution in [0.25, 0.3) is 0 Å². The van der Waals surface area contributed by atoms with Gasteiger partial charge in [0.15, 0.2) is 5.96 Å². The number of amides is 1. The maximum atomic E-state index is 12.2. The van der Waals surface area contributed by atoms with Crippen LogP contribution in [0.1, 0.15) is 43.6 Å². The number of guanidine groups is 1. The van der Waals surface area contributed by atoms with E-state index in [-0.39, 0.29) is 11.4 Å². The zero-order valence-electron chi connectivity index (χ0n) is 14.4. The van der Waals surface area contributed by atoms with E-state index in [1.54, 1.807) is 6.07 Å². The molecular formula is C18H26N4O. The highest BCUT2D eigenvalue weighted by molar-refractivity contribution is 5.94. The van der Waals surface area contributed by atoms with Gasteiger partial charge in [-0.15, -0.1) is 6.42 Å². The number of carbonyl (C=O) groups is 1. The second kappa shape index (κ2) is 8.84. The van der Waals surface area contributed by atoms with Crippen LogP contribution in [-0.4, -0.2) is 30.5 Å². The van der Waals surface area contributed by atoms with Crippen molar-refractivity contribution in [2.45, 2.75) is 39.8 Å². The highest BCUT2D eigenvalue weighted by atomic mass is 16.1. The van der Waals surface area contributed by atoms with Crippen molar-refractivity contribution in [1.29, 1.82) is 0 Å². The van der Waals surface area contributed by atoms with Crippen molar-refractivity contribution >= 4 is 11.9 Å². The fraction of sp³-hybridized carbons (Fsp3) is 0.444. The second-order valence-electron chi connectivity index (χ2n) is 6.16. The van der Waals surface area contributed by atoms with Crippen molar-refractivity contribution in [3.63, 3.8) is 0 Å². The van der Waals surface area contributed by atoms with E-state index in [0.717, 1.165) is 12.1 Å². The van der Waals surface area contributed by atoms with Crippen molar-refractivity contribution < 1.29 is 4.79 Å². The maximum absolute atomic E-state index is 12.2. The first-order valence-corrected chi connectivity index (χ1v) is 7.73. The van der Waals surface area contributed by atoms with Crippen molar-refractivity contribution in [3.05, 3.63) is 35.4 Å². The number of aliphatic imine (C=N–C) groups is 1. The van der Waals surface area contributed by atoms with E-state index in [4.69, 9.17) is 6.42 Å². The molecule has 0 aliphatic heterocycles. The molecule has 124 valence electrons. The zero-order chi connectivity index (χ0) is 17.3. The molecule has 1 amide bonds. The minimum absolute atomic E-state index is 0.0827. The van der Waals surface area contributed by atoms with Crippen LogP contribution in [0.3, 0.4) is 0 Å². The van der Waals surface area contributed by atoms with Gasteiger partial charge in [-0.2, -0.15) is 0 Å². The SMILES string of the molecule is C#CCNC(=NCc1cccc(C(=O)NC(C)(C)C)c1)NCC. The summed E-state index contributed by atoms with van der Waals surface area (Å²) >= 11 is 0. The fourth-order valence-electron chi connectivity index (χ4n) is 1.87. The summed E-state index contributed by atoms with van der Waals surface area (Å²) in [4.78, 5) is 16.7. The molecule has 3 N–H and O–H groups in total. The van der Waals surface area contributed by atoms with Gasteiger partial charge in [0.2, 0.25) is 0 Å². The first-order valence-electron chi connectivity index (χ1n) is 7.73. The van der Waals surface area contributed by atoms with Crippen molar-refractivity contribution in [2.75, 3.05) is 13.1 Å². The molecule has 5 nitrogen and oxygen atoms in total. The largest absolute Gasteiger partial charge is 0.357 e. The van der Waals surface area contributed by atoms with E-state index in [0.29, 0.717) is 24.6 Å². The minimum Gasteiger partial charge on any atom is -0.357 e. The van der Waals surface area contributed by atoms with Crippen LogP contribution in [0.5, 0.6) is 0 Å². The Morgan fingerprint density at radius 1 is 1.30 bits per heavy atom. The van der Waals surface area contributed by atoms with Gasteiger partial charge in [-0.1, -0.05) is 18.1 Å². The molecule has 0 atom stereocenters. The Kier molecular flexibility index (Phi) is 7.14. The molecule has 0 aromatic heterocycles. The third kappa shape index (κ3) is 7.37. The van der Waals surface area contributed by atoms with E-state index in [1.807, 2.05) is 45.9 Å². The van der Waals surface area contributed by atoms with Crippen LogP contribution in [-0.2, 0) is 6.54 Å². The highest BCUT2D eigenvalue weighted by Gasteiger charge is 2.15. The van der Waals surface area contributed by atoms with Crippen LogP contribution in [0.2, 0.25) is 0 Å². The molecule has 0 heterocycles. The summed E-state index contributed by atoms with van der Waals surface area (Å²) in [5, 5.41) is 9.11. The number of rotatable bonds is 5. The lowest BCUT2D eigenvalue weighted by Crippen LogP contribution is -2.40. The number of nitrogens with zero attached hydrogens (tertiary/aromatic N) is 1. The topological polar surface area (TPSA) is 65.5 Å². The fourth-order valence-corrected chi connectivity index (χ4v) is 1.87. The Balaban J connectivity index is 2.80. The molecule has 1 aromatic rings. The quantitative estimate of drug-likeness (QED) is 0.442. The number of terminal acetylenes is 1. The molecule has 5 heteroatoms. The third-order valence-electron chi connectivity index (χ3n) is 2.80. The van der Waals surface area contributed by atoms with Crippen molar-refractivity contribution in [2.24, 2.45) is 4.99 Å². The number of benzene rings is 1. The highest BCUT2D eigenvalue weighted by Crippen LogP contribution is 2.09. The Labute approximate surface area is 139 Å². The summed E-state index contributed by atoms with van der Waals surface area (Å²) in [6, 6.07) is 7.47. The Bertz CT molecular complexity index is 594. The predicted octanol–water partition coefficient (Wildman–Crippen LogP) is 1.90. The monoisotopic (exact) mass is 314 g/mol. The van der Waals surface area contributed by atoms with E-state index >= 15 is 0 Å². The molecule has 1 rings (SSSR count). The third-order valence-corrected chi connectivity index (χ3v) is 2.80. The van der Waals surface area contributed by atoms with Crippen LogP contribution in [0.15, 0.2) is 29.3 Å². The predicted molar refractivity (Wildman–Crippen MR) is 95.3 cm³/mol. The lowest BCUT2D eigenvalue weighted by molar-refractivity contribution is 0.0919. The van der Waals surface area contributed by atoms with Gasteiger partial charge in [-0.3, -0.25) is 4.79 Å². The summed E-state index contributed by atoms with van der Waals surface area (Å²) in [6.45, 7) is 9.50. The standard InChI is InChI=1S/C18H26N4O/c1-6-11-20-17(19-7-2)21-13-14-9-8-10-15(12-14)16(23)22-18(3,4)5/h1,8-10,12H,7,11,13H2,2-5H3,(H,22,23)(H2,19,20,21). The summed E-state index contributed by atoms with van der Waals surface area (Å²) in [6.07, 6.45) is 5.24. The molecule has 0 aliphatic rings. The van der Waals surface area contributed by atoms with E-state index in [9.17, 15) is 4.79 Å². The molecule has 0 saturated carbocycles. The summed E-state index contributed by atoms with van der Waals surface area (Å²) in [7, 11) is 0. The summed E-state index contributed by atoms with van der Waals surface area (Å²) in [5.74, 6) is 3.09. The van der Waals surface area contributed by atoms with E-state index in [2.05, 4.69) is 26.9 Å². The first kappa shape index (κ1) is 18.6. The van der Waals surface area contributed by atoms with Gasteiger partial charge in [-0.25, -0.2) is 4.99 Å². The number of nitrogens with one attached hydrogen (secondary N) is 3. The number of hydrogen-bond donors (Lipinski definition) is 3. The zero-order valence-corrected chi connectivity index (χ0v) is 14.4. The number of carbonyl (C=O) groups excluding carboxylic acids is 1. The van der Waals surface area contributed by atoms with Crippen LogP contribution in [0.4, 0.5) is 0 Å². The molecule has 0 unspecified atom stereocenters.